The van der Waals surface area contributed by atoms with Crippen LogP contribution in [0.15, 0.2) is 53.5 Å². The molecule has 0 unspecified atom stereocenters. The van der Waals surface area contributed by atoms with Gasteiger partial charge in [-0.15, -0.1) is 0 Å². The Hall–Kier alpha value is -3.56. The lowest BCUT2D eigenvalue weighted by atomic mass is 10.1. The molecule has 168 valence electrons. The smallest absolute Gasteiger partial charge is 0.295 e. The summed E-state index contributed by atoms with van der Waals surface area (Å²) in [6, 6.07) is 13.6. The Bertz CT molecular complexity index is 1360. The highest BCUT2D eigenvalue weighted by Gasteiger charge is 2.23. The van der Waals surface area contributed by atoms with E-state index in [0.717, 1.165) is 55.3 Å². The van der Waals surface area contributed by atoms with Gasteiger partial charge in [-0.1, -0.05) is 29.8 Å². The van der Waals surface area contributed by atoms with E-state index in [1.54, 1.807) is 6.20 Å². The van der Waals surface area contributed by atoms with Crippen molar-refractivity contribution in [2.24, 2.45) is 0 Å². The Morgan fingerprint density at radius 3 is 2.70 bits per heavy atom. The number of benzene rings is 2. The molecule has 2 aromatic carbocycles. The fraction of sp³-hybridized carbons (Fsp3) is 0.261. The standard InChI is InChI=1S/C23H21ClN6O3/c24-21-18(12-25-30(22(21)31)23-26-16-3-1-2-4-17(16)27-23)29-9-7-28(8-10-29)13-15-5-6-19-20(11-15)33-14-32-19/h1-6,11-12H,7-10,13-14H2,(H,26,27). The summed E-state index contributed by atoms with van der Waals surface area (Å²) in [7, 11) is 0. The minimum Gasteiger partial charge on any atom is -0.454 e. The molecule has 4 heterocycles. The molecule has 1 saturated heterocycles. The molecule has 0 bridgehead atoms. The van der Waals surface area contributed by atoms with Gasteiger partial charge < -0.3 is 19.4 Å². The SMILES string of the molecule is O=c1c(Cl)c(N2CCN(Cc3ccc4c(c3)OCO4)CC2)cnn1-c1nc2ccccc2[nH]1. The number of ether oxygens (including phenoxy) is 2. The first-order chi connectivity index (χ1) is 16.2. The fourth-order valence-corrected chi connectivity index (χ4v) is 4.53. The van der Waals surface area contributed by atoms with E-state index in [-0.39, 0.29) is 11.8 Å². The van der Waals surface area contributed by atoms with Crippen molar-refractivity contribution in [2.75, 3.05) is 37.9 Å². The normalized spacial score (nSPS) is 16.0. The Morgan fingerprint density at radius 2 is 1.85 bits per heavy atom. The van der Waals surface area contributed by atoms with Crippen LogP contribution in [0.25, 0.3) is 17.0 Å². The van der Waals surface area contributed by atoms with Gasteiger partial charge in [-0.3, -0.25) is 9.69 Å². The zero-order valence-electron chi connectivity index (χ0n) is 17.7. The number of imidazole rings is 1. The van der Waals surface area contributed by atoms with E-state index in [2.05, 4.69) is 30.9 Å². The molecule has 4 aromatic rings. The van der Waals surface area contributed by atoms with Crippen LogP contribution >= 0.6 is 11.6 Å². The highest BCUT2D eigenvalue weighted by molar-refractivity contribution is 6.33. The third-order valence-electron chi connectivity index (χ3n) is 6.03. The number of aromatic nitrogens is 4. The summed E-state index contributed by atoms with van der Waals surface area (Å²) < 4.78 is 12.1. The summed E-state index contributed by atoms with van der Waals surface area (Å²) in [6.07, 6.45) is 1.64. The summed E-state index contributed by atoms with van der Waals surface area (Å²) in [5.74, 6) is 1.94. The van der Waals surface area contributed by atoms with Gasteiger partial charge in [-0.2, -0.15) is 9.78 Å². The number of hydrogen-bond donors (Lipinski definition) is 1. The monoisotopic (exact) mass is 464 g/mol. The van der Waals surface area contributed by atoms with Gasteiger partial charge in [0.2, 0.25) is 12.7 Å². The molecule has 2 aromatic heterocycles. The first-order valence-electron chi connectivity index (χ1n) is 10.7. The molecule has 1 N–H and O–H groups in total. The maximum atomic E-state index is 13.0. The van der Waals surface area contributed by atoms with Crippen molar-refractivity contribution in [3.8, 4) is 17.4 Å². The highest BCUT2D eigenvalue weighted by Crippen LogP contribution is 2.33. The van der Waals surface area contributed by atoms with Crippen molar-refractivity contribution in [2.45, 2.75) is 6.54 Å². The molecule has 2 aliphatic heterocycles. The third kappa shape index (κ3) is 3.69. The van der Waals surface area contributed by atoms with E-state index in [1.807, 2.05) is 36.4 Å². The summed E-state index contributed by atoms with van der Waals surface area (Å²) in [5.41, 5.74) is 3.04. The first kappa shape index (κ1) is 20.1. The Morgan fingerprint density at radius 1 is 1.03 bits per heavy atom. The number of anilines is 1. The van der Waals surface area contributed by atoms with E-state index >= 15 is 0 Å². The second-order valence-corrected chi connectivity index (χ2v) is 8.47. The van der Waals surface area contributed by atoms with Gasteiger partial charge >= 0.3 is 0 Å². The molecule has 1 fully saturated rings. The number of halogens is 1. The number of rotatable bonds is 4. The molecule has 0 aliphatic carbocycles. The number of fused-ring (bicyclic) bond motifs is 2. The summed E-state index contributed by atoms with van der Waals surface area (Å²) in [4.78, 5) is 25.0. The predicted octanol–water partition coefficient (Wildman–Crippen LogP) is 2.81. The Balaban J connectivity index is 1.16. The van der Waals surface area contributed by atoms with Gasteiger partial charge in [0, 0.05) is 32.7 Å². The van der Waals surface area contributed by atoms with Crippen LogP contribution in [0, 0.1) is 0 Å². The maximum Gasteiger partial charge on any atom is 0.295 e. The lowest BCUT2D eigenvalue weighted by Crippen LogP contribution is -2.46. The molecule has 0 saturated carbocycles. The first-order valence-corrected chi connectivity index (χ1v) is 11.1. The number of nitrogens with one attached hydrogen (secondary N) is 1. The molecule has 9 nitrogen and oxygen atoms in total. The number of aromatic amines is 1. The third-order valence-corrected chi connectivity index (χ3v) is 6.39. The molecule has 0 spiro atoms. The van der Waals surface area contributed by atoms with Gasteiger partial charge in [0.15, 0.2) is 11.5 Å². The van der Waals surface area contributed by atoms with Crippen LogP contribution in [0.5, 0.6) is 11.5 Å². The quantitative estimate of drug-likeness (QED) is 0.496. The number of piperazine rings is 1. The molecule has 0 amide bonds. The maximum absolute atomic E-state index is 13.0. The van der Waals surface area contributed by atoms with Crippen molar-refractivity contribution in [3.63, 3.8) is 0 Å². The zero-order chi connectivity index (χ0) is 22.4. The summed E-state index contributed by atoms with van der Waals surface area (Å²) in [6.45, 7) is 4.29. The fourth-order valence-electron chi connectivity index (χ4n) is 4.28. The van der Waals surface area contributed by atoms with E-state index < -0.39 is 5.56 Å². The van der Waals surface area contributed by atoms with Gasteiger partial charge in [0.25, 0.3) is 5.56 Å². The van der Waals surface area contributed by atoms with Crippen molar-refractivity contribution in [1.29, 1.82) is 0 Å². The van der Waals surface area contributed by atoms with Crippen LogP contribution in [-0.2, 0) is 6.54 Å². The largest absolute Gasteiger partial charge is 0.454 e. The average Bonchev–Trinajstić information content (AvgIpc) is 3.48. The second kappa shape index (κ2) is 8.09. The van der Waals surface area contributed by atoms with Crippen LogP contribution in [0.3, 0.4) is 0 Å². The summed E-state index contributed by atoms with van der Waals surface area (Å²) >= 11 is 6.50. The van der Waals surface area contributed by atoms with Gasteiger partial charge in [0.05, 0.1) is 22.9 Å². The molecule has 0 atom stereocenters. The van der Waals surface area contributed by atoms with Crippen molar-refractivity contribution in [3.05, 3.63) is 69.6 Å². The van der Waals surface area contributed by atoms with Crippen LogP contribution in [-0.4, -0.2) is 57.6 Å². The molecule has 33 heavy (non-hydrogen) atoms. The molecular weight excluding hydrogens is 444 g/mol. The molecule has 2 aliphatic rings. The van der Waals surface area contributed by atoms with Crippen molar-refractivity contribution >= 4 is 28.3 Å². The minimum absolute atomic E-state index is 0.148. The Labute approximate surface area is 194 Å². The van der Waals surface area contributed by atoms with Crippen LogP contribution in [0.2, 0.25) is 5.02 Å². The molecule has 0 radical (unpaired) electrons. The lowest BCUT2D eigenvalue weighted by Gasteiger charge is -2.36. The molecular formula is C23H21ClN6O3. The second-order valence-electron chi connectivity index (χ2n) is 8.09. The summed E-state index contributed by atoms with van der Waals surface area (Å²) in [5, 5.41) is 4.49. The molecule has 10 heteroatoms. The van der Waals surface area contributed by atoms with Gasteiger partial charge in [-0.25, -0.2) is 4.98 Å². The predicted molar refractivity (Wildman–Crippen MR) is 125 cm³/mol. The number of nitrogens with zero attached hydrogens (tertiary/aromatic N) is 5. The number of hydrogen-bond acceptors (Lipinski definition) is 7. The highest BCUT2D eigenvalue weighted by atomic mass is 35.5. The van der Waals surface area contributed by atoms with Crippen LogP contribution in [0.1, 0.15) is 5.56 Å². The van der Waals surface area contributed by atoms with Crippen LogP contribution < -0.4 is 19.9 Å². The van der Waals surface area contributed by atoms with Gasteiger partial charge in [-0.05, 0) is 29.8 Å². The minimum atomic E-state index is -0.393. The van der Waals surface area contributed by atoms with Crippen molar-refractivity contribution < 1.29 is 9.47 Å². The average molecular weight is 465 g/mol. The Kier molecular flexibility index (Phi) is 4.92. The van der Waals surface area contributed by atoms with E-state index in [1.165, 1.54) is 10.2 Å². The van der Waals surface area contributed by atoms with Crippen molar-refractivity contribution in [1.82, 2.24) is 24.6 Å². The van der Waals surface area contributed by atoms with E-state index in [9.17, 15) is 4.79 Å². The van der Waals surface area contributed by atoms with Crippen LogP contribution in [0.4, 0.5) is 5.69 Å². The van der Waals surface area contributed by atoms with E-state index in [0.29, 0.717) is 11.6 Å². The number of H-pyrrole nitrogens is 1. The lowest BCUT2D eigenvalue weighted by molar-refractivity contribution is 0.174. The van der Waals surface area contributed by atoms with Gasteiger partial charge in [0.1, 0.15) is 5.02 Å². The topological polar surface area (TPSA) is 88.5 Å². The number of para-hydroxylation sites is 2. The van der Waals surface area contributed by atoms with E-state index in [4.69, 9.17) is 21.1 Å². The molecule has 6 rings (SSSR count). The zero-order valence-corrected chi connectivity index (χ0v) is 18.5.